The highest BCUT2D eigenvalue weighted by Gasteiger charge is 2.21. The van der Waals surface area contributed by atoms with Crippen molar-refractivity contribution in [2.24, 2.45) is 0 Å². The van der Waals surface area contributed by atoms with Gasteiger partial charge in [-0.25, -0.2) is 4.98 Å². The number of nitrogen functional groups attached to an aromatic ring is 1. The van der Waals surface area contributed by atoms with E-state index in [1.807, 2.05) is 0 Å². The fourth-order valence-corrected chi connectivity index (χ4v) is 2.28. The van der Waals surface area contributed by atoms with Gasteiger partial charge in [0.25, 0.3) is 0 Å². The number of aromatic nitrogens is 1. The van der Waals surface area contributed by atoms with E-state index in [2.05, 4.69) is 9.88 Å². The second-order valence-electron chi connectivity index (χ2n) is 4.00. The van der Waals surface area contributed by atoms with Crippen molar-refractivity contribution < 1.29 is 4.74 Å². The first-order valence-electron chi connectivity index (χ1n) is 5.39. The van der Waals surface area contributed by atoms with Crippen LogP contribution in [0.15, 0.2) is 12.3 Å². The molecule has 2 N–H and O–H groups in total. The number of rotatable bonds is 2. The van der Waals surface area contributed by atoms with Gasteiger partial charge in [-0.3, -0.25) is 0 Å². The summed E-state index contributed by atoms with van der Waals surface area (Å²) < 4.78 is 5.32. The van der Waals surface area contributed by atoms with Gasteiger partial charge in [-0.1, -0.05) is 11.6 Å². The summed E-state index contributed by atoms with van der Waals surface area (Å²) in [6.07, 6.45) is 4.03. The topological polar surface area (TPSA) is 51.4 Å². The van der Waals surface area contributed by atoms with Gasteiger partial charge >= 0.3 is 0 Å². The summed E-state index contributed by atoms with van der Waals surface area (Å²) in [5.74, 6) is 0.824. The van der Waals surface area contributed by atoms with Crippen molar-refractivity contribution in [1.82, 2.24) is 4.98 Å². The molecule has 0 saturated carbocycles. The van der Waals surface area contributed by atoms with Crippen LogP contribution in [0.3, 0.4) is 0 Å². The largest absolute Gasteiger partial charge is 0.397 e. The molecule has 0 aliphatic carbocycles. The van der Waals surface area contributed by atoms with Gasteiger partial charge in [0.15, 0.2) is 0 Å². The zero-order valence-corrected chi connectivity index (χ0v) is 10.1. The van der Waals surface area contributed by atoms with Crippen molar-refractivity contribution in [2.75, 3.05) is 30.8 Å². The number of methoxy groups -OCH3 is 1. The van der Waals surface area contributed by atoms with Crippen molar-refractivity contribution in [3.63, 3.8) is 0 Å². The lowest BCUT2D eigenvalue weighted by Crippen LogP contribution is -2.37. The normalized spacial score (nSPS) is 17.8. The number of halogens is 1. The van der Waals surface area contributed by atoms with Gasteiger partial charge in [0.05, 0.1) is 23.0 Å². The maximum Gasteiger partial charge on any atom is 0.147 e. The van der Waals surface area contributed by atoms with E-state index in [0.29, 0.717) is 16.8 Å². The number of piperidine rings is 1. The SMILES string of the molecule is COC1CCN(c2ncc(N)cc2Cl)CC1. The van der Waals surface area contributed by atoms with Crippen LogP contribution < -0.4 is 10.6 Å². The standard InChI is InChI=1S/C11H16ClN3O/c1-16-9-2-4-15(5-3-9)11-10(12)6-8(13)7-14-11/h6-7,9H,2-5,13H2,1H3. The van der Waals surface area contributed by atoms with E-state index >= 15 is 0 Å². The zero-order valence-electron chi connectivity index (χ0n) is 9.32. The van der Waals surface area contributed by atoms with Crippen LogP contribution in [0.5, 0.6) is 0 Å². The lowest BCUT2D eigenvalue weighted by atomic mass is 10.1. The molecule has 1 aromatic heterocycles. The molecule has 0 bridgehead atoms. The van der Waals surface area contributed by atoms with Crippen LogP contribution in [0.2, 0.25) is 5.02 Å². The monoisotopic (exact) mass is 241 g/mol. The average molecular weight is 242 g/mol. The molecule has 1 aromatic rings. The number of anilines is 2. The van der Waals surface area contributed by atoms with E-state index in [1.54, 1.807) is 19.4 Å². The molecule has 0 amide bonds. The van der Waals surface area contributed by atoms with Crippen molar-refractivity contribution in [3.8, 4) is 0 Å². The summed E-state index contributed by atoms with van der Waals surface area (Å²) in [6.45, 7) is 1.85. The second-order valence-corrected chi connectivity index (χ2v) is 4.40. The van der Waals surface area contributed by atoms with Gasteiger partial charge in [-0.15, -0.1) is 0 Å². The Kier molecular flexibility index (Phi) is 3.51. The van der Waals surface area contributed by atoms with Gasteiger partial charge in [-0.2, -0.15) is 0 Å². The van der Waals surface area contributed by atoms with Crippen molar-refractivity contribution in [1.29, 1.82) is 0 Å². The Hall–Kier alpha value is -1.00. The Bertz CT molecular complexity index is 364. The number of nitrogens with zero attached hydrogens (tertiary/aromatic N) is 2. The summed E-state index contributed by atoms with van der Waals surface area (Å²) in [5.41, 5.74) is 6.21. The fourth-order valence-electron chi connectivity index (χ4n) is 1.98. The third kappa shape index (κ3) is 2.39. The highest BCUT2D eigenvalue weighted by molar-refractivity contribution is 6.33. The quantitative estimate of drug-likeness (QED) is 0.860. The molecule has 0 aromatic carbocycles. The Morgan fingerprint density at radius 3 is 2.75 bits per heavy atom. The summed E-state index contributed by atoms with van der Waals surface area (Å²) in [7, 11) is 1.76. The Morgan fingerprint density at radius 1 is 1.50 bits per heavy atom. The second kappa shape index (κ2) is 4.89. The highest BCUT2D eigenvalue weighted by atomic mass is 35.5. The van der Waals surface area contributed by atoms with E-state index < -0.39 is 0 Å². The molecule has 1 aliphatic heterocycles. The van der Waals surface area contributed by atoms with Crippen molar-refractivity contribution in [3.05, 3.63) is 17.3 Å². The molecule has 1 aliphatic rings. The molecule has 16 heavy (non-hydrogen) atoms. The fraction of sp³-hybridized carbons (Fsp3) is 0.545. The predicted molar refractivity (Wildman–Crippen MR) is 65.9 cm³/mol. The van der Waals surface area contributed by atoms with Crippen LogP contribution in [-0.2, 0) is 4.74 Å². The van der Waals surface area contributed by atoms with Crippen molar-refractivity contribution in [2.45, 2.75) is 18.9 Å². The molecule has 4 nitrogen and oxygen atoms in total. The lowest BCUT2D eigenvalue weighted by molar-refractivity contribution is 0.0818. The van der Waals surface area contributed by atoms with E-state index in [0.717, 1.165) is 31.7 Å². The van der Waals surface area contributed by atoms with Gasteiger partial charge in [-0.05, 0) is 18.9 Å². The number of hydrogen-bond donors (Lipinski definition) is 1. The molecule has 2 heterocycles. The van der Waals surface area contributed by atoms with Gasteiger partial charge in [0.1, 0.15) is 5.82 Å². The minimum Gasteiger partial charge on any atom is -0.397 e. The summed E-state index contributed by atoms with van der Waals surface area (Å²) >= 11 is 6.12. The lowest BCUT2D eigenvalue weighted by Gasteiger charge is -2.32. The van der Waals surface area contributed by atoms with Crippen LogP contribution in [-0.4, -0.2) is 31.3 Å². The third-order valence-electron chi connectivity index (χ3n) is 2.92. The number of pyridine rings is 1. The Balaban J connectivity index is 2.08. The summed E-state index contributed by atoms with van der Waals surface area (Å²) in [4.78, 5) is 6.46. The summed E-state index contributed by atoms with van der Waals surface area (Å²) in [5, 5.41) is 0.621. The molecule has 1 fully saturated rings. The molecule has 5 heteroatoms. The van der Waals surface area contributed by atoms with E-state index in [4.69, 9.17) is 22.1 Å². The first kappa shape index (κ1) is 11.5. The molecular formula is C11H16ClN3O. The van der Waals surface area contributed by atoms with Crippen LogP contribution in [0, 0.1) is 0 Å². The maximum atomic E-state index is 6.12. The van der Waals surface area contributed by atoms with Gasteiger partial charge in [0, 0.05) is 20.2 Å². The van der Waals surface area contributed by atoms with E-state index in [9.17, 15) is 0 Å². The van der Waals surface area contributed by atoms with Crippen LogP contribution in [0.1, 0.15) is 12.8 Å². The molecule has 0 radical (unpaired) electrons. The van der Waals surface area contributed by atoms with E-state index in [1.165, 1.54) is 0 Å². The maximum absolute atomic E-state index is 6.12. The molecule has 0 unspecified atom stereocenters. The molecule has 0 atom stereocenters. The molecule has 1 saturated heterocycles. The number of nitrogens with two attached hydrogens (primary N) is 1. The molecule has 0 spiro atoms. The first-order valence-corrected chi connectivity index (χ1v) is 5.77. The van der Waals surface area contributed by atoms with Crippen LogP contribution in [0.25, 0.3) is 0 Å². The summed E-state index contributed by atoms with van der Waals surface area (Å²) in [6, 6.07) is 1.74. The molecule has 2 rings (SSSR count). The highest BCUT2D eigenvalue weighted by Crippen LogP contribution is 2.27. The third-order valence-corrected chi connectivity index (χ3v) is 3.20. The zero-order chi connectivity index (χ0) is 11.5. The molecular weight excluding hydrogens is 226 g/mol. The molecule has 88 valence electrons. The minimum atomic E-state index is 0.365. The van der Waals surface area contributed by atoms with E-state index in [-0.39, 0.29) is 0 Å². The number of hydrogen-bond acceptors (Lipinski definition) is 4. The minimum absolute atomic E-state index is 0.365. The Morgan fingerprint density at radius 2 is 2.19 bits per heavy atom. The van der Waals surface area contributed by atoms with Crippen molar-refractivity contribution >= 4 is 23.1 Å². The van der Waals surface area contributed by atoms with Gasteiger partial charge in [0.2, 0.25) is 0 Å². The average Bonchev–Trinajstić information content (AvgIpc) is 2.29. The number of ether oxygens (including phenoxy) is 1. The van der Waals surface area contributed by atoms with Gasteiger partial charge < -0.3 is 15.4 Å². The Labute approximate surface area is 100 Å². The smallest absolute Gasteiger partial charge is 0.147 e. The van der Waals surface area contributed by atoms with Crippen LogP contribution >= 0.6 is 11.6 Å². The first-order chi connectivity index (χ1) is 7.70. The predicted octanol–water partition coefficient (Wildman–Crippen LogP) is 1.93. The van der Waals surface area contributed by atoms with Crippen LogP contribution in [0.4, 0.5) is 11.5 Å².